The molecule has 0 aliphatic carbocycles. The zero-order valence-corrected chi connectivity index (χ0v) is 15.7. The van der Waals surface area contributed by atoms with Crippen molar-refractivity contribution in [1.29, 1.82) is 0 Å². The summed E-state index contributed by atoms with van der Waals surface area (Å²) in [5, 5.41) is 12.1. The molecule has 1 fully saturated rings. The lowest BCUT2D eigenvalue weighted by Gasteiger charge is -2.21. The summed E-state index contributed by atoms with van der Waals surface area (Å²) >= 11 is 0. The largest absolute Gasteiger partial charge is 0.491 e. The number of carboxylic acids is 1. The number of rotatable bonds is 8. The van der Waals surface area contributed by atoms with Gasteiger partial charge in [-0.15, -0.1) is 0 Å². The third-order valence-electron chi connectivity index (χ3n) is 4.62. The lowest BCUT2D eigenvalue weighted by atomic mass is 9.90. The minimum Gasteiger partial charge on any atom is -0.491 e. The van der Waals surface area contributed by atoms with Gasteiger partial charge in [-0.25, -0.2) is 4.79 Å². The van der Waals surface area contributed by atoms with Gasteiger partial charge in [0.25, 0.3) is 0 Å². The Bertz CT molecular complexity index is 649. The van der Waals surface area contributed by atoms with E-state index >= 15 is 0 Å². The Morgan fingerprint density at radius 2 is 2.12 bits per heavy atom. The number of carbonyl (C=O) groups is 2. The van der Waals surface area contributed by atoms with Crippen molar-refractivity contribution >= 4 is 12.0 Å². The van der Waals surface area contributed by atoms with Crippen LogP contribution in [0.1, 0.15) is 31.4 Å². The van der Waals surface area contributed by atoms with Crippen LogP contribution in [-0.2, 0) is 16.1 Å². The van der Waals surface area contributed by atoms with Crippen molar-refractivity contribution in [3.05, 3.63) is 29.3 Å². The van der Waals surface area contributed by atoms with E-state index in [1.165, 1.54) is 0 Å². The zero-order valence-electron chi connectivity index (χ0n) is 15.7. The van der Waals surface area contributed by atoms with E-state index in [9.17, 15) is 14.7 Å². The molecule has 1 atom stereocenters. The summed E-state index contributed by atoms with van der Waals surface area (Å²) in [5.74, 6) is -0.141. The Labute approximate surface area is 154 Å². The van der Waals surface area contributed by atoms with Crippen molar-refractivity contribution < 1.29 is 24.2 Å². The van der Waals surface area contributed by atoms with E-state index in [1.54, 1.807) is 11.8 Å². The van der Waals surface area contributed by atoms with Crippen LogP contribution < -0.4 is 10.1 Å². The van der Waals surface area contributed by atoms with Gasteiger partial charge in [-0.3, -0.25) is 4.79 Å². The molecule has 7 nitrogen and oxygen atoms in total. The highest BCUT2D eigenvalue weighted by atomic mass is 16.5. The van der Waals surface area contributed by atoms with Crippen LogP contribution in [0.3, 0.4) is 0 Å². The topological polar surface area (TPSA) is 88.1 Å². The Hall–Kier alpha value is -2.28. The summed E-state index contributed by atoms with van der Waals surface area (Å²) in [6.45, 7) is 8.18. The summed E-state index contributed by atoms with van der Waals surface area (Å²) in [7, 11) is 0. The molecule has 1 heterocycles. The SMILES string of the molecule is CCOCCOc1cc(C)ccc1CNC(=O)N1CCC(C)(C(=O)O)C1. The molecule has 0 bridgehead atoms. The number of hydrogen-bond donors (Lipinski definition) is 2. The summed E-state index contributed by atoms with van der Waals surface area (Å²) in [5.41, 5.74) is 1.08. The fourth-order valence-corrected chi connectivity index (χ4v) is 2.89. The predicted octanol–water partition coefficient (Wildman–Crippen LogP) is 2.42. The molecule has 144 valence electrons. The molecule has 7 heteroatoms. The fraction of sp³-hybridized carbons (Fsp3) is 0.579. The molecule has 1 aliphatic heterocycles. The molecule has 26 heavy (non-hydrogen) atoms. The second-order valence-corrected chi connectivity index (χ2v) is 6.85. The quantitative estimate of drug-likeness (QED) is 0.692. The zero-order chi connectivity index (χ0) is 19.2. The van der Waals surface area contributed by atoms with Gasteiger partial charge in [0.05, 0.1) is 12.0 Å². The smallest absolute Gasteiger partial charge is 0.317 e. The average molecular weight is 364 g/mol. The first-order chi connectivity index (χ1) is 12.4. The second-order valence-electron chi connectivity index (χ2n) is 6.85. The number of aliphatic carboxylic acids is 1. The van der Waals surface area contributed by atoms with Crippen molar-refractivity contribution in [1.82, 2.24) is 10.2 Å². The van der Waals surface area contributed by atoms with Crippen LogP contribution >= 0.6 is 0 Å². The van der Waals surface area contributed by atoms with Crippen molar-refractivity contribution in [2.24, 2.45) is 5.41 Å². The van der Waals surface area contributed by atoms with E-state index in [-0.39, 0.29) is 12.6 Å². The van der Waals surface area contributed by atoms with Crippen molar-refractivity contribution in [2.45, 2.75) is 33.7 Å². The van der Waals surface area contributed by atoms with E-state index < -0.39 is 11.4 Å². The first-order valence-corrected chi connectivity index (χ1v) is 8.92. The van der Waals surface area contributed by atoms with Crippen LogP contribution in [0.15, 0.2) is 18.2 Å². The molecular formula is C19H28N2O5. The number of carboxylic acid groups (broad SMARTS) is 1. The van der Waals surface area contributed by atoms with E-state index in [1.807, 2.05) is 32.0 Å². The molecule has 2 amide bonds. The summed E-state index contributed by atoms with van der Waals surface area (Å²) in [6.07, 6.45) is 0.464. The Morgan fingerprint density at radius 3 is 2.77 bits per heavy atom. The van der Waals surface area contributed by atoms with Gasteiger partial charge in [-0.05, 0) is 38.8 Å². The number of ether oxygens (including phenoxy) is 2. The molecule has 0 radical (unpaired) electrons. The van der Waals surface area contributed by atoms with Crippen molar-refractivity contribution in [3.8, 4) is 5.75 Å². The number of aryl methyl sites for hydroxylation is 1. The monoisotopic (exact) mass is 364 g/mol. The number of amides is 2. The molecule has 0 aromatic heterocycles. The number of benzene rings is 1. The van der Waals surface area contributed by atoms with Crippen LogP contribution in [0.5, 0.6) is 5.75 Å². The number of nitrogens with zero attached hydrogens (tertiary/aromatic N) is 1. The van der Waals surface area contributed by atoms with Gasteiger partial charge in [0.15, 0.2) is 0 Å². The molecule has 1 unspecified atom stereocenters. The number of carbonyl (C=O) groups excluding carboxylic acids is 1. The maximum Gasteiger partial charge on any atom is 0.317 e. The third-order valence-corrected chi connectivity index (χ3v) is 4.62. The lowest BCUT2D eigenvalue weighted by molar-refractivity contribution is -0.147. The number of urea groups is 1. The van der Waals surface area contributed by atoms with Crippen LogP contribution in [-0.4, -0.2) is 54.9 Å². The highest BCUT2D eigenvalue weighted by molar-refractivity contribution is 5.79. The Balaban J connectivity index is 1.92. The van der Waals surface area contributed by atoms with E-state index in [0.717, 1.165) is 16.9 Å². The van der Waals surface area contributed by atoms with Gasteiger partial charge < -0.3 is 24.8 Å². The Morgan fingerprint density at radius 1 is 1.35 bits per heavy atom. The minimum atomic E-state index is -0.866. The first-order valence-electron chi connectivity index (χ1n) is 8.92. The maximum atomic E-state index is 12.4. The van der Waals surface area contributed by atoms with Gasteiger partial charge in [0.1, 0.15) is 12.4 Å². The van der Waals surface area contributed by atoms with E-state index in [0.29, 0.717) is 39.3 Å². The summed E-state index contributed by atoms with van der Waals surface area (Å²) < 4.78 is 11.1. The number of hydrogen-bond acceptors (Lipinski definition) is 4. The molecule has 2 N–H and O–H groups in total. The van der Waals surface area contributed by atoms with Gasteiger partial charge >= 0.3 is 12.0 Å². The molecule has 1 aromatic carbocycles. The predicted molar refractivity (Wildman–Crippen MR) is 97.3 cm³/mol. The standard InChI is InChI=1S/C19H28N2O5/c1-4-25-9-10-26-16-11-14(2)5-6-15(16)12-20-18(24)21-8-7-19(3,13-21)17(22)23/h5-6,11H,4,7-10,12-13H2,1-3H3,(H,20,24)(H,22,23). The second kappa shape index (κ2) is 8.89. The fourth-order valence-electron chi connectivity index (χ4n) is 2.89. The van der Waals surface area contributed by atoms with E-state index in [4.69, 9.17) is 9.47 Å². The molecule has 1 saturated heterocycles. The van der Waals surface area contributed by atoms with Gasteiger partial charge in [-0.1, -0.05) is 12.1 Å². The third kappa shape index (κ3) is 5.11. The summed E-state index contributed by atoms with van der Waals surface area (Å²) in [6, 6.07) is 5.58. The van der Waals surface area contributed by atoms with Crippen LogP contribution in [0.4, 0.5) is 4.79 Å². The normalized spacial score (nSPS) is 19.4. The first kappa shape index (κ1) is 20.0. The van der Waals surface area contributed by atoms with Gasteiger partial charge in [0, 0.05) is 31.8 Å². The highest BCUT2D eigenvalue weighted by Crippen LogP contribution is 2.30. The highest BCUT2D eigenvalue weighted by Gasteiger charge is 2.42. The van der Waals surface area contributed by atoms with Crippen LogP contribution in [0, 0.1) is 12.3 Å². The number of nitrogens with one attached hydrogen (secondary N) is 1. The molecule has 1 aromatic rings. The van der Waals surface area contributed by atoms with Crippen molar-refractivity contribution in [2.75, 3.05) is 32.9 Å². The van der Waals surface area contributed by atoms with Crippen LogP contribution in [0.25, 0.3) is 0 Å². The van der Waals surface area contributed by atoms with Crippen LogP contribution in [0.2, 0.25) is 0 Å². The van der Waals surface area contributed by atoms with E-state index in [2.05, 4.69) is 5.32 Å². The molecular weight excluding hydrogens is 336 g/mol. The van der Waals surface area contributed by atoms with Crippen molar-refractivity contribution in [3.63, 3.8) is 0 Å². The molecule has 1 aliphatic rings. The lowest BCUT2D eigenvalue weighted by Crippen LogP contribution is -2.40. The average Bonchev–Trinajstić information content (AvgIpc) is 3.01. The molecule has 0 saturated carbocycles. The van der Waals surface area contributed by atoms with Gasteiger partial charge in [-0.2, -0.15) is 0 Å². The molecule has 0 spiro atoms. The number of likely N-dealkylation sites (tertiary alicyclic amines) is 1. The minimum absolute atomic E-state index is 0.222. The van der Waals surface area contributed by atoms with Gasteiger partial charge in [0.2, 0.25) is 0 Å². The summed E-state index contributed by atoms with van der Waals surface area (Å²) in [4.78, 5) is 25.2. The Kier molecular flexibility index (Phi) is 6.85. The maximum absolute atomic E-state index is 12.4. The molecule has 2 rings (SSSR count).